The number of carbonyl (C=O) groups is 1. The van der Waals surface area contributed by atoms with Gasteiger partial charge in [-0.3, -0.25) is 4.79 Å². The first-order valence-corrected chi connectivity index (χ1v) is 7.17. The van der Waals surface area contributed by atoms with E-state index in [0.29, 0.717) is 5.02 Å². The van der Waals surface area contributed by atoms with Gasteiger partial charge in [0.05, 0.1) is 15.6 Å². The topological polar surface area (TPSA) is 105 Å². The van der Waals surface area contributed by atoms with Crippen LogP contribution in [0.15, 0.2) is 35.4 Å². The molecule has 1 aromatic carbocycles. The van der Waals surface area contributed by atoms with Gasteiger partial charge in [0.2, 0.25) is 10.0 Å². The Hall–Kier alpha value is -1.90. The largest absolute Gasteiger partial charge is 0.356 e. The number of aromatic amines is 1. The van der Waals surface area contributed by atoms with Gasteiger partial charge >= 0.3 is 0 Å². The average Bonchev–Trinajstić information content (AvgIpc) is 2.77. The van der Waals surface area contributed by atoms with Gasteiger partial charge in [-0.1, -0.05) is 11.6 Å². The molecule has 0 bridgehead atoms. The predicted octanol–water partition coefficient (Wildman–Crippen LogP) is 1.71. The highest BCUT2D eigenvalue weighted by Crippen LogP contribution is 2.19. The van der Waals surface area contributed by atoms with E-state index in [2.05, 4.69) is 10.3 Å². The van der Waals surface area contributed by atoms with Gasteiger partial charge in [0.15, 0.2) is 0 Å². The van der Waals surface area contributed by atoms with Gasteiger partial charge in [-0.15, -0.1) is 0 Å². The van der Waals surface area contributed by atoms with Crippen molar-refractivity contribution >= 4 is 33.2 Å². The molecular weight excluding hydrogens is 309 g/mol. The zero-order valence-corrected chi connectivity index (χ0v) is 11.4. The fourth-order valence-corrected chi connectivity index (χ4v) is 2.15. The van der Waals surface area contributed by atoms with Crippen molar-refractivity contribution in [3.8, 4) is 0 Å². The Morgan fingerprint density at radius 2 is 2.05 bits per heavy atom. The summed E-state index contributed by atoms with van der Waals surface area (Å²) in [7, 11) is -4.00. The monoisotopic (exact) mass is 317 g/mol. The lowest BCUT2D eigenvalue weighted by atomic mass is 10.3. The maximum Gasteiger partial charge on any atom is 0.272 e. The molecule has 6 nitrogen and oxygen atoms in total. The number of hydrogen-bond donors (Lipinski definition) is 3. The second-order valence-corrected chi connectivity index (χ2v) is 5.87. The van der Waals surface area contributed by atoms with Crippen molar-refractivity contribution in [2.45, 2.75) is 4.90 Å². The summed E-state index contributed by atoms with van der Waals surface area (Å²) in [5.41, 5.74) is -0.0296. The van der Waals surface area contributed by atoms with Crippen molar-refractivity contribution < 1.29 is 17.6 Å². The molecule has 2 aromatic rings. The first-order valence-electron chi connectivity index (χ1n) is 5.25. The van der Waals surface area contributed by atoms with Crippen LogP contribution in [0, 0.1) is 5.82 Å². The van der Waals surface area contributed by atoms with E-state index in [1.54, 1.807) is 0 Å². The Labute approximate surface area is 118 Å². The van der Waals surface area contributed by atoms with Crippen molar-refractivity contribution in [2.24, 2.45) is 5.14 Å². The molecule has 0 aliphatic rings. The summed E-state index contributed by atoms with van der Waals surface area (Å²) < 4.78 is 35.8. The normalized spacial score (nSPS) is 11.3. The van der Waals surface area contributed by atoms with Crippen LogP contribution in [0.3, 0.4) is 0 Å². The standard InChI is InChI=1S/C11H9ClFN3O3S/c12-6-3-10(15-5-6)11(17)16-9-2-1-7(4-8(9)13)20(14,18)19/h1-5,15H,(H,16,17)(H2,14,18,19). The molecule has 0 atom stereocenters. The van der Waals surface area contributed by atoms with Crippen LogP contribution in [0.4, 0.5) is 10.1 Å². The Kier molecular flexibility index (Phi) is 3.80. The molecule has 9 heteroatoms. The van der Waals surface area contributed by atoms with E-state index in [9.17, 15) is 17.6 Å². The van der Waals surface area contributed by atoms with Crippen LogP contribution in [0.25, 0.3) is 0 Å². The van der Waals surface area contributed by atoms with Crippen LogP contribution in [0.5, 0.6) is 0 Å². The maximum absolute atomic E-state index is 13.7. The number of hydrogen-bond acceptors (Lipinski definition) is 3. The molecule has 0 aliphatic carbocycles. The molecule has 0 radical (unpaired) electrons. The van der Waals surface area contributed by atoms with E-state index in [-0.39, 0.29) is 16.3 Å². The van der Waals surface area contributed by atoms with E-state index in [4.69, 9.17) is 16.7 Å². The van der Waals surface area contributed by atoms with Gasteiger partial charge in [0.1, 0.15) is 11.5 Å². The molecule has 1 heterocycles. The molecule has 0 unspecified atom stereocenters. The van der Waals surface area contributed by atoms with Crippen molar-refractivity contribution in [3.05, 3.63) is 47.0 Å². The van der Waals surface area contributed by atoms with Crippen LogP contribution in [0.1, 0.15) is 10.5 Å². The van der Waals surface area contributed by atoms with E-state index < -0.39 is 21.7 Å². The number of halogens is 2. The second-order valence-electron chi connectivity index (χ2n) is 3.87. The van der Waals surface area contributed by atoms with Crippen molar-refractivity contribution in [3.63, 3.8) is 0 Å². The minimum Gasteiger partial charge on any atom is -0.356 e. The minimum absolute atomic E-state index is 0.143. The summed E-state index contributed by atoms with van der Waals surface area (Å²) >= 11 is 5.64. The van der Waals surface area contributed by atoms with E-state index >= 15 is 0 Å². The average molecular weight is 318 g/mol. The number of sulfonamides is 1. The number of carbonyl (C=O) groups excluding carboxylic acids is 1. The molecule has 0 aliphatic heterocycles. The van der Waals surface area contributed by atoms with Crippen LogP contribution in [0.2, 0.25) is 5.02 Å². The molecule has 1 amide bonds. The van der Waals surface area contributed by atoms with Crippen LogP contribution >= 0.6 is 11.6 Å². The van der Waals surface area contributed by atoms with Crippen LogP contribution in [-0.2, 0) is 10.0 Å². The number of nitrogens with two attached hydrogens (primary N) is 1. The summed E-state index contributed by atoms with van der Waals surface area (Å²) in [5, 5.41) is 7.48. The zero-order chi connectivity index (χ0) is 14.9. The van der Waals surface area contributed by atoms with Crippen LogP contribution in [-0.4, -0.2) is 19.3 Å². The number of rotatable bonds is 3. The lowest BCUT2D eigenvalue weighted by Crippen LogP contribution is -2.15. The third kappa shape index (κ3) is 3.16. The quantitative estimate of drug-likeness (QED) is 0.802. The molecule has 0 spiro atoms. The van der Waals surface area contributed by atoms with Gasteiger partial charge in [0.25, 0.3) is 5.91 Å². The van der Waals surface area contributed by atoms with E-state index in [0.717, 1.165) is 18.2 Å². The van der Waals surface area contributed by atoms with Gasteiger partial charge in [-0.05, 0) is 24.3 Å². The van der Waals surface area contributed by atoms with Crippen molar-refractivity contribution in [1.29, 1.82) is 0 Å². The lowest BCUT2D eigenvalue weighted by molar-refractivity contribution is 0.102. The minimum atomic E-state index is -4.00. The zero-order valence-electron chi connectivity index (χ0n) is 9.85. The Balaban J connectivity index is 2.25. The Bertz CT molecular complexity index is 773. The molecule has 106 valence electrons. The molecule has 0 fully saturated rings. The van der Waals surface area contributed by atoms with E-state index in [1.807, 2.05) is 0 Å². The number of nitrogens with one attached hydrogen (secondary N) is 2. The molecule has 2 rings (SSSR count). The number of amides is 1. The fourth-order valence-electron chi connectivity index (χ4n) is 1.46. The fraction of sp³-hybridized carbons (Fsp3) is 0. The molecule has 20 heavy (non-hydrogen) atoms. The van der Waals surface area contributed by atoms with Gasteiger partial charge in [-0.2, -0.15) is 0 Å². The molecular formula is C11H9ClFN3O3S. The first-order chi connectivity index (χ1) is 9.27. The smallest absolute Gasteiger partial charge is 0.272 e. The highest BCUT2D eigenvalue weighted by Gasteiger charge is 2.14. The number of anilines is 1. The summed E-state index contributed by atoms with van der Waals surface area (Å²) in [4.78, 5) is 14.0. The highest BCUT2D eigenvalue weighted by atomic mass is 35.5. The van der Waals surface area contributed by atoms with Gasteiger partial charge in [-0.25, -0.2) is 17.9 Å². The summed E-state index contributed by atoms with van der Waals surface area (Å²) in [6, 6.07) is 4.30. The third-order valence-corrected chi connectivity index (χ3v) is 3.54. The lowest BCUT2D eigenvalue weighted by Gasteiger charge is -2.06. The highest BCUT2D eigenvalue weighted by molar-refractivity contribution is 7.89. The Morgan fingerprint density at radius 3 is 2.55 bits per heavy atom. The van der Waals surface area contributed by atoms with Crippen molar-refractivity contribution in [2.75, 3.05) is 5.32 Å². The molecule has 4 N–H and O–H groups in total. The first kappa shape index (κ1) is 14.5. The second kappa shape index (κ2) is 5.23. The predicted molar refractivity (Wildman–Crippen MR) is 71.5 cm³/mol. The summed E-state index contributed by atoms with van der Waals surface area (Å²) in [6.07, 6.45) is 1.40. The summed E-state index contributed by atoms with van der Waals surface area (Å²) in [5.74, 6) is -1.53. The van der Waals surface area contributed by atoms with Gasteiger partial charge < -0.3 is 10.3 Å². The maximum atomic E-state index is 13.7. The molecule has 0 saturated carbocycles. The van der Waals surface area contributed by atoms with Gasteiger partial charge in [0, 0.05) is 6.20 Å². The molecule has 1 aromatic heterocycles. The number of benzene rings is 1. The number of primary sulfonamides is 1. The number of H-pyrrole nitrogens is 1. The van der Waals surface area contributed by atoms with Crippen LogP contribution < -0.4 is 10.5 Å². The third-order valence-electron chi connectivity index (χ3n) is 2.41. The molecule has 0 saturated heterocycles. The summed E-state index contributed by atoms with van der Waals surface area (Å²) in [6.45, 7) is 0. The van der Waals surface area contributed by atoms with E-state index in [1.165, 1.54) is 12.3 Å². The number of aromatic nitrogens is 1. The van der Waals surface area contributed by atoms with Crippen molar-refractivity contribution in [1.82, 2.24) is 4.98 Å². The SMILES string of the molecule is NS(=O)(=O)c1ccc(NC(=O)c2cc(Cl)c[nH]2)c(F)c1. The Morgan fingerprint density at radius 1 is 1.35 bits per heavy atom.